The van der Waals surface area contributed by atoms with Gasteiger partial charge in [-0.3, -0.25) is 14.7 Å². The molecule has 1 amide bonds. The zero-order valence-electron chi connectivity index (χ0n) is 13.0. The van der Waals surface area contributed by atoms with E-state index in [0.717, 1.165) is 10.6 Å². The maximum Gasteiger partial charge on any atom is 0.280 e. The molecule has 2 aromatic heterocycles. The minimum Gasteiger partial charge on any atom is -0.295 e. The van der Waals surface area contributed by atoms with Crippen LogP contribution in [0.5, 0.6) is 0 Å². The van der Waals surface area contributed by atoms with Crippen LogP contribution >= 0.6 is 11.3 Å². The van der Waals surface area contributed by atoms with Crippen LogP contribution in [0.25, 0.3) is 5.69 Å². The van der Waals surface area contributed by atoms with E-state index in [2.05, 4.69) is 15.6 Å². The van der Waals surface area contributed by atoms with E-state index in [1.807, 2.05) is 47.8 Å². The number of thiophene rings is 1. The zero-order chi connectivity index (χ0) is 16.9. The molecule has 24 heavy (non-hydrogen) atoms. The van der Waals surface area contributed by atoms with Crippen LogP contribution < -0.4 is 11.0 Å². The second-order valence-corrected chi connectivity index (χ2v) is 6.21. The lowest BCUT2D eigenvalue weighted by Gasteiger charge is -1.99. The van der Waals surface area contributed by atoms with E-state index in [9.17, 15) is 9.59 Å². The molecule has 0 spiro atoms. The summed E-state index contributed by atoms with van der Waals surface area (Å²) in [5, 5.41) is 8.82. The van der Waals surface area contributed by atoms with Crippen LogP contribution in [0.4, 0.5) is 0 Å². The van der Waals surface area contributed by atoms with Crippen molar-refractivity contribution in [1.82, 2.24) is 15.2 Å². The predicted molar refractivity (Wildman–Crippen MR) is 94.9 cm³/mol. The third kappa shape index (κ3) is 3.52. The molecule has 2 N–H and O–H groups in total. The minimum atomic E-state index is -0.217. The number of aromatic amines is 1. The van der Waals surface area contributed by atoms with Gasteiger partial charge < -0.3 is 0 Å². The normalized spacial score (nSPS) is 11.0. The maximum absolute atomic E-state index is 12.5. The molecule has 0 saturated heterocycles. The van der Waals surface area contributed by atoms with Crippen molar-refractivity contribution in [2.45, 2.75) is 13.3 Å². The predicted octanol–water partition coefficient (Wildman–Crippen LogP) is 2.23. The summed E-state index contributed by atoms with van der Waals surface area (Å²) in [6.45, 7) is 1.79. The molecular formula is C17H16N4O2S. The topological polar surface area (TPSA) is 79.2 Å². The highest BCUT2D eigenvalue weighted by molar-refractivity contribution is 7.10. The maximum atomic E-state index is 12.5. The van der Waals surface area contributed by atoms with Crippen molar-refractivity contribution < 1.29 is 4.79 Å². The van der Waals surface area contributed by atoms with E-state index >= 15 is 0 Å². The first kappa shape index (κ1) is 15.9. The lowest BCUT2D eigenvalue weighted by Crippen LogP contribution is -2.21. The fraction of sp³-hybridized carbons (Fsp3) is 0.118. The third-order valence-electron chi connectivity index (χ3n) is 3.43. The molecule has 0 aliphatic heterocycles. The SMILES string of the molecule is Cc1[nH]n(-c2ccccc2)c(=O)c1/C=N\NC(=O)Cc1cccs1. The quantitative estimate of drug-likeness (QED) is 0.552. The van der Waals surface area contributed by atoms with Gasteiger partial charge in [0.2, 0.25) is 5.91 Å². The van der Waals surface area contributed by atoms with E-state index < -0.39 is 0 Å². The Kier molecular flexibility index (Phi) is 4.72. The number of H-pyrrole nitrogens is 1. The lowest BCUT2D eigenvalue weighted by molar-refractivity contribution is -0.120. The molecule has 0 aliphatic carbocycles. The van der Waals surface area contributed by atoms with Gasteiger partial charge in [-0.2, -0.15) is 5.10 Å². The second kappa shape index (κ2) is 7.10. The van der Waals surface area contributed by atoms with Crippen molar-refractivity contribution in [3.05, 3.63) is 74.3 Å². The van der Waals surface area contributed by atoms with Gasteiger partial charge in [0.25, 0.3) is 5.56 Å². The Bertz CT molecular complexity index is 908. The molecule has 0 fully saturated rings. The van der Waals surface area contributed by atoms with Gasteiger partial charge in [0, 0.05) is 10.6 Å². The second-order valence-electron chi connectivity index (χ2n) is 5.18. The molecule has 0 unspecified atom stereocenters. The largest absolute Gasteiger partial charge is 0.295 e. The molecule has 1 aromatic carbocycles. The molecule has 7 heteroatoms. The Morgan fingerprint density at radius 1 is 1.29 bits per heavy atom. The van der Waals surface area contributed by atoms with Crippen molar-refractivity contribution in [1.29, 1.82) is 0 Å². The highest BCUT2D eigenvalue weighted by Gasteiger charge is 2.10. The van der Waals surface area contributed by atoms with E-state index in [1.54, 1.807) is 6.92 Å². The minimum absolute atomic E-state index is 0.213. The number of amides is 1. The Morgan fingerprint density at radius 2 is 2.08 bits per heavy atom. The number of nitrogens with one attached hydrogen (secondary N) is 2. The monoisotopic (exact) mass is 340 g/mol. The van der Waals surface area contributed by atoms with Crippen molar-refractivity contribution in [3.8, 4) is 5.69 Å². The lowest BCUT2D eigenvalue weighted by atomic mass is 10.3. The van der Waals surface area contributed by atoms with Crippen molar-refractivity contribution in [2.75, 3.05) is 0 Å². The van der Waals surface area contributed by atoms with Gasteiger partial charge in [-0.15, -0.1) is 11.3 Å². The number of para-hydroxylation sites is 1. The average Bonchev–Trinajstić information content (AvgIpc) is 3.18. The van der Waals surface area contributed by atoms with E-state index in [-0.39, 0.29) is 17.9 Å². The average molecular weight is 340 g/mol. The first-order valence-electron chi connectivity index (χ1n) is 7.36. The summed E-state index contributed by atoms with van der Waals surface area (Å²) in [5.41, 5.74) is 4.07. The van der Waals surface area contributed by atoms with Gasteiger partial charge in [-0.25, -0.2) is 10.1 Å². The highest BCUT2D eigenvalue weighted by atomic mass is 32.1. The summed E-state index contributed by atoms with van der Waals surface area (Å²) in [6.07, 6.45) is 1.65. The van der Waals surface area contributed by atoms with Gasteiger partial charge in [-0.1, -0.05) is 24.3 Å². The van der Waals surface area contributed by atoms with Crippen molar-refractivity contribution >= 4 is 23.5 Å². The molecule has 3 rings (SSSR count). The molecule has 3 aromatic rings. The number of aryl methyl sites for hydroxylation is 1. The standard InChI is InChI=1S/C17H16N4O2S/c1-12-15(11-18-19-16(22)10-14-8-5-9-24-14)17(23)21(20-12)13-6-3-2-4-7-13/h2-9,11,20H,10H2,1H3,(H,19,22)/b18-11-. The van der Waals surface area contributed by atoms with Gasteiger partial charge >= 0.3 is 0 Å². The molecule has 6 nitrogen and oxygen atoms in total. The highest BCUT2D eigenvalue weighted by Crippen LogP contribution is 2.08. The van der Waals surface area contributed by atoms with Gasteiger partial charge in [0.1, 0.15) is 0 Å². The van der Waals surface area contributed by atoms with Gasteiger partial charge in [0.05, 0.1) is 23.9 Å². The third-order valence-corrected chi connectivity index (χ3v) is 4.31. The Labute approximate surface area is 142 Å². The molecule has 0 radical (unpaired) electrons. The number of benzene rings is 1. The summed E-state index contributed by atoms with van der Waals surface area (Å²) in [7, 11) is 0. The molecular weight excluding hydrogens is 324 g/mol. The van der Waals surface area contributed by atoms with Crippen LogP contribution in [-0.4, -0.2) is 21.9 Å². The number of hydrogen-bond donors (Lipinski definition) is 2. The molecule has 0 saturated carbocycles. The summed E-state index contributed by atoms with van der Waals surface area (Å²) in [4.78, 5) is 25.2. The van der Waals surface area contributed by atoms with E-state index in [1.165, 1.54) is 22.2 Å². The van der Waals surface area contributed by atoms with Crippen LogP contribution in [0.15, 0.2) is 57.7 Å². The molecule has 2 heterocycles. The van der Waals surface area contributed by atoms with E-state index in [0.29, 0.717) is 11.3 Å². The number of rotatable bonds is 5. The first-order chi connectivity index (χ1) is 11.6. The number of nitrogens with zero attached hydrogens (tertiary/aromatic N) is 2. The van der Waals surface area contributed by atoms with Gasteiger partial charge in [0.15, 0.2) is 0 Å². The fourth-order valence-corrected chi connectivity index (χ4v) is 2.95. The zero-order valence-corrected chi connectivity index (χ0v) is 13.8. The summed E-state index contributed by atoms with van der Waals surface area (Å²) in [5.74, 6) is -0.217. The van der Waals surface area contributed by atoms with Gasteiger partial charge in [-0.05, 0) is 30.5 Å². The first-order valence-corrected chi connectivity index (χ1v) is 8.24. The molecule has 122 valence electrons. The van der Waals surface area contributed by atoms with Crippen molar-refractivity contribution in [2.24, 2.45) is 5.10 Å². The van der Waals surface area contributed by atoms with Crippen LogP contribution in [0.1, 0.15) is 16.1 Å². The molecule has 0 aliphatic rings. The molecule has 0 atom stereocenters. The summed E-state index contributed by atoms with van der Waals surface area (Å²) >= 11 is 1.52. The molecule has 0 bridgehead atoms. The number of carbonyl (C=O) groups is 1. The Hall–Kier alpha value is -2.93. The summed E-state index contributed by atoms with van der Waals surface area (Å²) < 4.78 is 1.45. The number of hydrogen-bond acceptors (Lipinski definition) is 4. The summed E-state index contributed by atoms with van der Waals surface area (Å²) in [6, 6.07) is 13.1. The number of carbonyl (C=O) groups excluding carboxylic acids is 1. The Morgan fingerprint density at radius 3 is 2.79 bits per heavy atom. The number of aromatic nitrogens is 2. The number of hydrazone groups is 1. The van der Waals surface area contributed by atoms with E-state index in [4.69, 9.17) is 0 Å². The van der Waals surface area contributed by atoms with Crippen molar-refractivity contribution in [3.63, 3.8) is 0 Å². The smallest absolute Gasteiger partial charge is 0.280 e. The van der Waals surface area contributed by atoms with Crippen LogP contribution in [-0.2, 0) is 11.2 Å². The fourth-order valence-electron chi connectivity index (χ4n) is 2.25. The van der Waals surface area contributed by atoms with Crippen LogP contribution in [0.3, 0.4) is 0 Å². The van der Waals surface area contributed by atoms with Crippen LogP contribution in [0, 0.1) is 6.92 Å². The Balaban J connectivity index is 1.72. The van der Waals surface area contributed by atoms with Crippen LogP contribution in [0.2, 0.25) is 0 Å².